The minimum atomic E-state index is -0.687. The van der Waals surface area contributed by atoms with Crippen molar-refractivity contribution in [1.82, 2.24) is 10.6 Å². The lowest BCUT2D eigenvalue weighted by atomic mass is 9.98. The maximum atomic E-state index is 14.2. The van der Waals surface area contributed by atoms with E-state index in [2.05, 4.69) is 10.6 Å². The van der Waals surface area contributed by atoms with Crippen LogP contribution in [-0.4, -0.2) is 17.9 Å². The molecule has 0 unspecified atom stereocenters. The molecule has 2 aromatic carbocycles. The molecule has 2 amide bonds. The molecule has 0 saturated carbocycles. The molecule has 0 saturated heterocycles. The fraction of sp³-hybridized carbons (Fsp3) is 0.263. The Balaban J connectivity index is 2.21. The molecule has 0 aliphatic carbocycles. The molecule has 5 heteroatoms. The predicted molar refractivity (Wildman–Crippen MR) is 90.7 cm³/mol. The third-order valence-electron chi connectivity index (χ3n) is 3.69. The quantitative estimate of drug-likeness (QED) is 0.857. The van der Waals surface area contributed by atoms with E-state index in [1.165, 1.54) is 13.0 Å². The second-order valence-corrected chi connectivity index (χ2v) is 5.69. The van der Waals surface area contributed by atoms with Gasteiger partial charge in [0.2, 0.25) is 11.8 Å². The summed E-state index contributed by atoms with van der Waals surface area (Å²) in [6.07, 6.45) is 0.459. The van der Waals surface area contributed by atoms with Crippen LogP contribution < -0.4 is 10.6 Å². The zero-order valence-corrected chi connectivity index (χ0v) is 13.8. The van der Waals surface area contributed by atoms with Crippen LogP contribution in [0.2, 0.25) is 0 Å². The van der Waals surface area contributed by atoms with Gasteiger partial charge < -0.3 is 10.6 Å². The largest absolute Gasteiger partial charge is 0.347 e. The van der Waals surface area contributed by atoms with E-state index in [4.69, 9.17) is 0 Å². The van der Waals surface area contributed by atoms with E-state index in [1.807, 2.05) is 30.3 Å². The van der Waals surface area contributed by atoms with E-state index in [9.17, 15) is 14.0 Å². The predicted octanol–water partition coefficient (Wildman–Crippen LogP) is 2.75. The average Bonchev–Trinajstić information content (AvgIpc) is 2.55. The summed E-state index contributed by atoms with van der Waals surface area (Å²) in [6, 6.07) is 14.7. The first-order valence-electron chi connectivity index (χ1n) is 7.83. The number of hydrogen-bond acceptors (Lipinski definition) is 2. The van der Waals surface area contributed by atoms with Crippen molar-refractivity contribution < 1.29 is 14.0 Å². The molecule has 2 rings (SSSR count). The molecule has 0 aliphatic rings. The van der Waals surface area contributed by atoms with Gasteiger partial charge in [0.25, 0.3) is 0 Å². The summed E-state index contributed by atoms with van der Waals surface area (Å²) in [5.74, 6) is -1.01. The molecular weight excluding hydrogens is 307 g/mol. The Hall–Kier alpha value is -2.69. The first-order valence-corrected chi connectivity index (χ1v) is 7.83. The van der Waals surface area contributed by atoms with Crippen LogP contribution in [0.4, 0.5) is 4.39 Å². The van der Waals surface area contributed by atoms with Gasteiger partial charge in [0.1, 0.15) is 11.9 Å². The lowest BCUT2D eigenvalue weighted by molar-refractivity contribution is -0.128. The van der Waals surface area contributed by atoms with Gasteiger partial charge in [0.15, 0.2) is 0 Å². The molecule has 0 radical (unpaired) electrons. The third-order valence-corrected chi connectivity index (χ3v) is 3.69. The van der Waals surface area contributed by atoms with Gasteiger partial charge in [0, 0.05) is 12.5 Å². The molecule has 0 spiro atoms. The fourth-order valence-electron chi connectivity index (χ4n) is 2.51. The minimum absolute atomic E-state index is 0.289. The topological polar surface area (TPSA) is 58.2 Å². The SMILES string of the molecule is CC(=O)N[C@@H](C)C(=O)N[C@@H](Cc1ccccc1)c1ccccc1F. The molecule has 0 fully saturated rings. The van der Waals surface area contributed by atoms with Crippen molar-refractivity contribution >= 4 is 11.8 Å². The number of nitrogens with one attached hydrogen (secondary N) is 2. The number of carbonyl (C=O) groups excluding carboxylic acids is 2. The lowest BCUT2D eigenvalue weighted by Crippen LogP contribution is -2.45. The second kappa shape index (κ2) is 8.24. The second-order valence-electron chi connectivity index (χ2n) is 5.69. The monoisotopic (exact) mass is 328 g/mol. The van der Waals surface area contributed by atoms with Crippen LogP contribution in [0.1, 0.15) is 31.0 Å². The minimum Gasteiger partial charge on any atom is -0.347 e. The number of halogens is 1. The maximum absolute atomic E-state index is 14.2. The molecule has 0 bridgehead atoms. The van der Waals surface area contributed by atoms with Gasteiger partial charge in [-0.25, -0.2) is 4.39 Å². The standard InChI is InChI=1S/C19H21FN2O2/c1-13(21-14(2)23)19(24)22-18(12-15-8-4-3-5-9-15)16-10-6-7-11-17(16)20/h3-11,13,18H,12H2,1-2H3,(H,21,23)(H,22,24)/t13-,18-/m0/s1. The van der Waals surface area contributed by atoms with E-state index in [0.29, 0.717) is 12.0 Å². The summed E-state index contributed by atoms with van der Waals surface area (Å²) in [6.45, 7) is 2.94. The third kappa shape index (κ3) is 4.91. The van der Waals surface area contributed by atoms with Gasteiger partial charge >= 0.3 is 0 Å². The van der Waals surface area contributed by atoms with E-state index < -0.39 is 12.1 Å². The van der Waals surface area contributed by atoms with Gasteiger partial charge in [-0.15, -0.1) is 0 Å². The Morgan fingerprint density at radius 1 is 1.00 bits per heavy atom. The normalized spacial score (nSPS) is 13.0. The first kappa shape index (κ1) is 17.7. The van der Waals surface area contributed by atoms with E-state index in [-0.39, 0.29) is 17.6 Å². The summed E-state index contributed by atoms with van der Waals surface area (Å²) in [7, 11) is 0. The zero-order chi connectivity index (χ0) is 17.5. The summed E-state index contributed by atoms with van der Waals surface area (Å²) < 4.78 is 14.2. The van der Waals surface area contributed by atoms with E-state index in [1.54, 1.807) is 25.1 Å². The summed E-state index contributed by atoms with van der Waals surface area (Å²) in [5.41, 5.74) is 1.41. The van der Waals surface area contributed by atoms with Crippen LogP contribution in [0, 0.1) is 5.82 Å². The van der Waals surface area contributed by atoms with E-state index >= 15 is 0 Å². The molecule has 4 nitrogen and oxygen atoms in total. The van der Waals surface area contributed by atoms with Crippen LogP contribution in [0.25, 0.3) is 0 Å². The number of hydrogen-bond donors (Lipinski definition) is 2. The molecule has 126 valence electrons. The fourth-order valence-corrected chi connectivity index (χ4v) is 2.51. The maximum Gasteiger partial charge on any atom is 0.242 e. The molecule has 2 N–H and O–H groups in total. The summed E-state index contributed by atoms with van der Waals surface area (Å²) >= 11 is 0. The van der Waals surface area contributed by atoms with E-state index in [0.717, 1.165) is 5.56 Å². The molecule has 0 heterocycles. The average molecular weight is 328 g/mol. The first-order chi connectivity index (χ1) is 11.5. The molecule has 0 aliphatic heterocycles. The highest BCUT2D eigenvalue weighted by molar-refractivity contribution is 5.86. The number of carbonyl (C=O) groups is 2. The van der Waals surface area contributed by atoms with Crippen LogP contribution in [0.5, 0.6) is 0 Å². The van der Waals surface area contributed by atoms with Crippen molar-refractivity contribution in [3.63, 3.8) is 0 Å². The highest BCUT2D eigenvalue weighted by Crippen LogP contribution is 2.21. The highest BCUT2D eigenvalue weighted by atomic mass is 19.1. The molecule has 2 atom stereocenters. The Kier molecular flexibility index (Phi) is 6.07. The van der Waals surface area contributed by atoms with Crippen molar-refractivity contribution in [3.8, 4) is 0 Å². The van der Waals surface area contributed by atoms with Crippen molar-refractivity contribution in [2.24, 2.45) is 0 Å². The van der Waals surface area contributed by atoms with Gasteiger partial charge in [-0.2, -0.15) is 0 Å². The summed E-state index contributed by atoms with van der Waals surface area (Å²) in [4.78, 5) is 23.4. The van der Waals surface area contributed by atoms with Gasteiger partial charge in [-0.1, -0.05) is 48.5 Å². The number of rotatable bonds is 6. The van der Waals surface area contributed by atoms with Gasteiger partial charge in [0.05, 0.1) is 6.04 Å². The zero-order valence-electron chi connectivity index (χ0n) is 13.8. The Morgan fingerprint density at radius 3 is 2.25 bits per heavy atom. The van der Waals surface area contributed by atoms with Crippen molar-refractivity contribution in [2.45, 2.75) is 32.4 Å². The van der Waals surface area contributed by atoms with Crippen LogP contribution >= 0.6 is 0 Å². The molecule has 2 aromatic rings. The Labute approximate surface area is 141 Å². The van der Waals surface area contributed by atoms with Crippen LogP contribution in [-0.2, 0) is 16.0 Å². The van der Waals surface area contributed by atoms with Gasteiger partial charge in [-0.05, 0) is 25.0 Å². The highest BCUT2D eigenvalue weighted by Gasteiger charge is 2.22. The summed E-state index contributed by atoms with van der Waals surface area (Å²) in [5, 5.41) is 5.37. The van der Waals surface area contributed by atoms with Crippen molar-refractivity contribution in [2.75, 3.05) is 0 Å². The molecule has 24 heavy (non-hydrogen) atoms. The molecular formula is C19H21FN2O2. The Bertz CT molecular complexity index is 704. The smallest absolute Gasteiger partial charge is 0.242 e. The lowest BCUT2D eigenvalue weighted by Gasteiger charge is -2.22. The molecule has 0 aromatic heterocycles. The Morgan fingerprint density at radius 2 is 1.62 bits per heavy atom. The number of benzene rings is 2. The van der Waals surface area contributed by atoms with Gasteiger partial charge in [-0.3, -0.25) is 9.59 Å². The van der Waals surface area contributed by atoms with Crippen LogP contribution in [0.15, 0.2) is 54.6 Å². The number of amides is 2. The van der Waals surface area contributed by atoms with Crippen molar-refractivity contribution in [1.29, 1.82) is 0 Å². The van der Waals surface area contributed by atoms with Crippen LogP contribution in [0.3, 0.4) is 0 Å². The van der Waals surface area contributed by atoms with Crippen molar-refractivity contribution in [3.05, 3.63) is 71.5 Å².